The van der Waals surface area contributed by atoms with E-state index in [2.05, 4.69) is 40.2 Å². The van der Waals surface area contributed by atoms with Gasteiger partial charge in [0.1, 0.15) is 4.47 Å². The third-order valence-electron chi connectivity index (χ3n) is 3.40. The zero-order valence-electron chi connectivity index (χ0n) is 12.2. The van der Waals surface area contributed by atoms with Crippen LogP contribution in [0.3, 0.4) is 0 Å². The van der Waals surface area contributed by atoms with E-state index in [-0.39, 0.29) is 11.0 Å². The molecule has 2 rings (SSSR count). The lowest BCUT2D eigenvalue weighted by Gasteiger charge is -2.27. The third kappa shape index (κ3) is 3.47. The van der Waals surface area contributed by atoms with Gasteiger partial charge in [0.2, 0.25) is 0 Å². The van der Waals surface area contributed by atoms with Crippen molar-refractivity contribution in [1.82, 2.24) is 9.78 Å². The molecule has 21 heavy (non-hydrogen) atoms. The van der Waals surface area contributed by atoms with Gasteiger partial charge >= 0.3 is 0 Å². The first kappa shape index (κ1) is 16.0. The van der Waals surface area contributed by atoms with Gasteiger partial charge in [-0.1, -0.05) is 43.6 Å². The summed E-state index contributed by atoms with van der Waals surface area (Å²) in [6.07, 6.45) is 1.63. The van der Waals surface area contributed by atoms with Gasteiger partial charge in [-0.2, -0.15) is 5.10 Å². The number of aryl methyl sites for hydroxylation is 1. The van der Waals surface area contributed by atoms with E-state index < -0.39 is 0 Å². The molecule has 0 saturated carbocycles. The number of anilines is 1. The molecule has 0 atom stereocenters. The minimum Gasteiger partial charge on any atom is -0.382 e. The monoisotopic (exact) mass is 369 g/mol. The molecule has 0 aliphatic carbocycles. The van der Waals surface area contributed by atoms with Crippen molar-refractivity contribution in [3.05, 3.63) is 55.9 Å². The van der Waals surface area contributed by atoms with Gasteiger partial charge < -0.3 is 5.32 Å². The van der Waals surface area contributed by atoms with Crippen LogP contribution in [0.25, 0.3) is 0 Å². The van der Waals surface area contributed by atoms with Crippen LogP contribution >= 0.6 is 27.5 Å². The highest BCUT2D eigenvalue weighted by atomic mass is 79.9. The van der Waals surface area contributed by atoms with Gasteiger partial charge in [0.05, 0.1) is 11.9 Å². The van der Waals surface area contributed by atoms with Crippen LogP contribution in [0.15, 0.2) is 39.7 Å². The number of nitrogens with one attached hydrogen (secondary N) is 1. The van der Waals surface area contributed by atoms with Gasteiger partial charge in [-0.05, 0) is 27.6 Å². The Bertz CT molecular complexity index is 712. The lowest BCUT2D eigenvalue weighted by Crippen LogP contribution is -2.29. The fourth-order valence-electron chi connectivity index (χ4n) is 2.06. The first-order valence-electron chi connectivity index (χ1n) is 6.53. The van der Waals surface area contributed by atoms with E-state index in [0.717, 1.165) is 10.6 Å². The predicted molar refractivity (Wildman–Crippen MR) is 90.1 cm³/mol. The zero-order valence-corrected chi connectivity index (χ0v) is 14.5. The molecule has 1 aromatic heterocycles. The van der Waals surface area contributed by atoms with Gasteiger partial charge in [-0.3, -0.25) is 4.79 Å². The second-order valence-electron chi connectivity index (χ2n) is 5.52. The van der Waals surface area contributed by atoms with Gasteiger partial charge in [-0.25, -0.2) is 4.68 Å². The molecule has 0 fully saturated rings. The summed E-state index contributed by atoms with van der Waals surface area (Å²) in [5.41, 5.74) is 1.39. The van der Waals surface area contributed by atoms with Gasteiger partial charge in [-0.15, -0.1) is 0 Å². The molecule has 0 aliphatic heterocycles. The third-order valence-corrected chi connectivity index (χ3v) is 4.50. The van der Waals surface area contributed by atoms with Crippen molar-refractivity contribution < 1.29 is 0 Å². The van der Waals surface area contributed by atoms with E-state index in [1.165, 1.54) is 4.68 Å². The Hall–Kier alpha value is -1.33. The average Bonchev–Trinajstić information content (AvgIpc) is 2.44. The molecule has 1 heterocycles. The molecule has 0 radical (unpaired) electrons. The van der Waals surface area contributed by atoms with Crippen LogP contribution < -0.4 is 10.9 Å². The van der Waals surface area contributed by atoms with Crippen molar-refractivity contribution in [2.24, 2.45) is 7.05 Å². The van der Waals surface area contributed by atoms with Crippen LogP contribution in [0.2, 0.25) is 5.02 Å². The van der Waals surface area contributed by atoms with Crippen LogP contribution in [0.4, 0.5) is 5.69 Å². The Morgan fingerprint density at radius 1 is 1.38 bits per heavy atom. The summed E-state index contributed by atoms with van der Waals surface area (Å²) >= 11 is 9.57. The SMILES string of the molecule is Cn1ncc(NCC(C)(C)c2ccccc2Cl)c(Br)c1=O. The lowest BCUT2D eigenvalue weighted by atomic mass is 9.84. The molecule has 4 nitrogen and oxygen atoms in total. The molecule has 0 unspecified atom stereocenters. The van der Waals surface area contributed by atoms with Crippen molar-refractivity contribution in [3.8, 4) is 0 Å². The summed E-state index contributed by atoms with van der Waals surface area (Å²) in [4.78, 5) is 11.8. The van der Waals surface area contributed by atoms with Crippen LogP contribution in [0.1, 0.15) is 19.4 Å². The number of hydrogen-bond donors (Lipinski definition) is 1. The highest BCUT2D eigenvalue weighted by Crippen LogP contribution is 2.30. The fraction of sp³-hybridized carbons (Fsp3) is 0.333. The Kier molecular flexibility index (Phi) is 4.74. The van der Waals surface area contributed by atoms with Crippen molar-refractivity contribution in [2.45, 2.75) is 19.3 Å². The van der Waals surface area contributed by atoms with Crippen molar-refractivity contribution in [2.75, 3.05) is 11.9 Å². The molecule has 0 saturated heterocycles. The maximum absolute atomic E-state index is 11.8. The first-order valence-corrected chi connectivity index (χ1v) is 7.71. The normalized spacial score (nSPS) is 11.5. The zero-order chi connectivity index (χ0) is 15.6. The van der Waals surface area contributed by atoms with Crippen molar-refractivity contribution in [3.63, 3.8) is 0 Å². The molecule has 112 valence electrons. The topological polar surface area (TPSA) is 46.9 Å². The summed E-state index contributed by atoms with van der Waals surface area (Å²) in [6.45, 7) is 4.83. The molecular weight excluding hydrogens is 354 g/mol. The van der Waals surface area contributed by atoms with Crippen molar-refractivity contribution >= 4 is 33.2 Å². The standard InChI is InChI=1S/C15H17BrClN3O/c1-15(2,10-6-4-5-7-11(10)17)9-18-12-8-19-20(3)14(21)13(12)16/h4-8,18H,9H2,1-3H3. The van der Waals surface area contributed by atoms with Crippen LogP contribution in [-0.4, -0.2) is 16.3 Å². The highest BCUT2D eigenvalue weighted by molar-refractivity contribution is 9.10. The average molecular weight is 371 g/mol. The van der Waals surface area contributed by atoms with Crippen LogP contribution in [0.5, 0.6) is 0 Å². The Balaban J connectivity index is 2.22. The molecule has 1 N–H and O–H groups in total. The largest absolute Gasteiger partial charge is 0.382 e. The smallest absolute Gasteiger partial charge is 0.282 e. The van der Waals surface area contributed by atoms with E-state index in [0.29, 0.717) is 16.7 Å². The van der Waals surface area contributed by atoms with Gasteiger partial charge in [0.15, 0.2) is 0 Å². The van der Waals surface area contributed by atoms with E-state index >= 15 is 0 Å². The molecule has 0 amide bonds. The second kappa shape index (κ2) is 6.20. The molecule has 0 aliphatic rings. The Labute approximate surface area is 137 Å². The first-order chi connectivity index (χ1) is 9.83. The molecule has 0 bridgehead atoms. The molecule has 2 aromatic rings. The highest BCUT2D eigenvalue weighted by Gasteiger charge is 2.23. The van der Waals surface area contributed by atoms with E-state index in [1.807, 2.05) is 24.3 Å². The second-order valence-corrected chi connectivity index (χ2v) is 6.72. The summed E-state index contributed by atoms with van der Waals surface area (Å²) in [7, 11) is 1.62. The van der Waals surface area contributed by atoms with E-state index in [1.54, 1.807) is 13.2 Å². The molecule has 1 aromatic carbocycles. The Morgan fingerprint density at radius 2 is 2.05 bits per heavy atom. The minimum absolute atomic E-state index is 0.171. The predicted octanol–water partition coefficient (Wildman–Crippen LogP) is 3.59. The summed E-state index contributed by atoms with van der Waals surface area (Å²) in [6, 6.07) is 7.78. The number of nitrogens with zero attached hydrogens (tertiary/aromatic N) is 2. The summed E-state index contributed by atoms with van der Waals surface area (Å²) < 4.78 is 1.77. The summed E-state index contributed by atoms with van der Waals surface area (Å²) in [5, 5.41) is 8.02. The minimum atomic E-state index is -0.182. The number of rotatable bonds is 4. The van der Waals surface area contributed by atoms with Crippen LogP contribution in [-0.2, 0) is 12.5 Å². The number of hydrogen-bond acceptors (Lipinski definition) is 3. The van der Waals surface area contributed by atoms with Gasteiger partial charge in [0, 0.05) is 24.0 Å². The van der Waals surface area contributed by atoms with E-state index in [9.17, 15) is 4.79 Å². The fourth-order valence-corrected chi connectivity index (χ4v) is 2.95. The Morgan fingerprint density at radius 3 is 2.71 bits per heavy atom. The maximum atomic E-state index is 11.8. The summed E-state index contributed by atoms with van der Waals surface area (Å²) in [5.74, 6) is 0. The van der Waals surface area contributed by atoms with E-state index in [4.69, 9.17) is 11.6 Å². The molecular formula is C15H17BrClN3O. The van der Waals surface area contributed by atoms with Crippen molar-refractivity contribution in [1.29, 1.82) is 0 Å². The quantitative estimate of drug-likeness (QED) is 0.895. The lowest BCUT2D eigenvalue weighted by molar-refractivity contribution is 0.556. The maximum Gasteiger partial charge on any atom is 0.282 e. The number of benzene rings is 1. The molecule has 0 spiro atoms. The van der Waals surface area contributed by atoms with Crippen LogP contribution in [0, 0.1) is 0 Å². The number of aromatic nitrogens is 2. The molecule has 6 heteroatoms. The van der Waals surface area contributed by atoms with Gasteiger partial charge in [0.25, 0.3) is 5.56 Å². The number of halogens is 2.